The second-order valence-corrected chi connectivity index (χ2v) is 7.54. The molecule has 0 aliphatic carbocycles. The predicted octanol–water partition coefficient (Wildman–Crippen LogP) is 1.48. The third-order valence-corrected chi connectivity index (χ3v) is 5.05. The Labute approximate surface area is 139 Å². The molecule has 124 valence electrons. The standard InChI is InChI=1S/C15H19N3O3S2/c16-23(20,21)14-5-3-12(4-6-14)7-9-17-15(19)18-10-8-13-2-1-11-22-13/h1-6,11H,7-10H2,(H2,16,20,21)(H2,17,18,19). The van der Waals surface area contributed by atoms with Gasteiger partial charge in [-0.3, -0.25) is 0 Å². The quantitative estimate of drug-likeness (QED) is 0.703. The summed E-state index contributed by atoms with van der Waals surface area (Å²) in [5.74, 6) is 0. The second kappa shape index (κ2) is 8.09. The van der Waals surface area contributed by atoms with Crippen molar-refractivity contribution in [2.24, 2.45) is 5.14 Å². The van der Waals surface area contributed by atoms with E-state index in [1.165, 1.54) is 17.0 Å². The summed E-state index contributed by atoms with van der Waals surface area (Å²) in [6, 6.07) is 10.1. The number of carbonyl (C=O) groups is 1. The molecular weight excluding hydrogens is 334 g/mol. The van der Waals surface area contributed by atoms with E-state index in [1.54, 1.807) is 23.5 Å². The third kappa shape index (κ3) is 6.01. The minimum absolute atomic E-state index is 0.0838. The van der Waals surface area contributed by atoms with Crippen LogP contribution in [-0.2, 0) is 22.9 Å². The smallest absolute Gasteiger partial charge is 0.314 e. The lowest BCUT2D eigenvalue weighted by molar-refractivity contribution is 0.241. The average molecular weight is 353 g/mol. The van der Waals surface area contributed by atoms with Gasteiger partial charge < -0.3 is 10.6 Å². The number of primary sulfonamides is 1. The van der Waals surface area contributed by atoms with Gasteiger partial charge in [-0.15, -0.1) is 11.3 Å². The Morgan fingerprint density at radius 2 is 1.70 bits per heavy atom. The molecule has 2 rings (SSSR count). The van der Waals surface area contributed by atoms with E-state index in [2.05, 4.69) is 10.6 Å². The number of thiophene rings is 1. The maximum Gasteiger partial charge on any atom is 0.314 e. The van der Waals surface area contributed by atoms with Crippen LogP contribution >= 0.6 is 11.3 Å². The summed E-state index contributed by atoms with van der Waals surface area (Å²) >= 11 is 1.67. The maximum atomic E-state index is 11.6. The Morgan fingerprint density at radius 1 is 1.04 bits per heavy atom. The topological polar surface area (TPSA) is 101 Å². The van der Waals surface area contributed by atoms with E-state index in [-0.39, 0.29) is 10.9 Å². The van der Waals surface area contributed by atoms with Crippen LogP contribution in [0.5, 0.6) is 0 Å². The number of carbonyl (C=O) groups excluding carboxylic acids is 1. The second-order valence-electron chi connectivity index (χ2n) is 4.95. The van der Waals surface area contributed by atoms with E-state index in [9.17, 15) is 13.2 Å². The van der Waals surface area contributed by atoms with Gasteiger partial charge in [0.15, 0.2) is 0 Å². The number of amides is 2. The van der Waals surface area contributed by atoms with E-state index < -0.39 is 10.0 Å². The fraction of sp³-hybridized carbons (Fsp3) is 0.267. The van der Waals surface area contributed by atoms with Crippen LogP contribution in [0.4, 0.5) is 4.79 Å². The third-order valence-electron chi connectivity index (χ3n) is 3.19. The summed E-state index contributed by atoms with van der Waals surface area (Å²) in [4.78, 5) is 13.0. The van der Waals surface area contributed by atoms with Crippen molar-refractivity contribution >= 4 is 27.4 Å². The Kier molecular flexibility index (Phi) is 6.14. The van der Waals surface area contributed by atoms with Gasteiger partial charge in [-0.2, -0.15) is 0 Å². The predicted molar refractivity (Wildman–Crippen MR) is 90.9 cm³/mol. The summed E-state index contributed by atoms with van der Waals surface area (Å²) in [5, 5.41) is 12.6. The van der Waals surface area contributed by atoms with Crippen LogP contribution in [0.3, 0.4) is 0 Å². The summed E-state index contributed by atoms with van der Waals surface area (Å²) in [6.07, 6.45) is 1.43. The monoisotopic (exact) mass is 353 g/mol. The highest BCUT2D eigenvalue weighted by molar-refractivity contribution is 7.89. The van der Waals surface area contributed by atoms with Crippen LogP contribution in [-0.4, -0.2) is 27.5 Å². The first kappa shape index (κ1) is 17.5. The molecule has 0 atom stereocenters. The highest BCUT2D eigenvalue weighted by Gasteiger charge is 2.06. The summed E-state index contributed by atoms with van der Waals surface area (Å²) < 4.78 is 22.3. The van der Waals surface area contributed by atoms with E-state index in [0.717, 1.165) is 12.0 Å². The Bertz CT molecular complexity index is 726. The minimum atomic E-state index is -3.66. The lowest BCUT2D eigenvalue weighted by Gasteiger charge is -2.07. The molecule has 1 aromatic heterocycles. The number of nitrogens with one attached hydrogen (secondary N) is 2. The molecule has 0 aliphatic rings. The number of benzene rings is 1. The van der Waals surface area contributed by atoms with Crippen LogP contribution in [0.25, 0.3) is 0 Å². The van der Waals surface area contributed by atoms with Crippen LogP contribution in [0.1, 0.15) is 10.4 Å². The molecule has 0 bridgehead atoms. The first-order chi connectivity index (χ1) is 10.9. The van der Waals surface area contributed by atoms with Gasteiger partial charge in [0.25, 0.3) is 0 Å². The van der Waals surface area contributed by atoms with Crippen molar-refractivity contribution in [3.05, 3.63) is 52.2 Å². The lowest BCUT2D eigenvalue weighted by atomic mass is 10.1. The van der Waals surface area contributed by atoms with E-state index in [0.29, 0.717) is 19.5 Å². The molecule has 0 saturated carbocycles. The van der Waals surface area contributed by atoms with E-state index >= 15 is 0 Å². The zero-order chi connectivity index (χ0) is 16.7. The Hall–Kier alpha value is -1.90. The van der Waals surface area contributed by atoms with Crippen molar-refractivity contribution in [3.63, 3.8) is 0 Å². The molecule has 23 heavy (non-hydrogen) atoms. The molecule has 2 aromatic rings. The van der Waals surface area contributed by atoms with Crippen molar-refractivity contribution in [1.29, 1.82) is 0 Å². The maximum absolute atomic E-state index is 11.6. The van der Waals surface area contributed by atoms with Gasteiger partial charge in [0.1, 0.15) is 0 Å². The van der Waals surface area contributed by atoms with Gasteiger partial charge in [-0.1, -0.05) is 18.2 Å². The van der Waals surface area contributed by atoms with Gasteiger partial charge in [0.05, 0.1) is 4.90 Å². The average Bonchev–Trinajstić information content (AvgIpc) is 3.00. The zero-order valence-electron chi connectivity index (χ0n) is 12.5. The van der Waals surface area contributed by atoms with E-state index in [4.69, 9.17) is 5.14 Å². The molecule has 4 N–H and O–H groups in total. The normalized spacial score (nSPS) is 11.2. The molecule has 0 spiro atoms. The van der Waals surface area contributed by atoms with Crippen LogP contribution in [0, 0.1) is 0 Å². The van der Waals surface area contributed by atoms with Crippen molar-refractivity contribution in [1.82, 2.24) is 10.6 Å². The van der Waals surface area contributed by atoms with E-state index in [1.807, 2.05) is 17.5 Å². The largest absolute Gasteiger partial charge is 0.338 e. The lowest BCUT2D eigenvalue weighted by Crippen LogP contribution is -2.37. The summed E-state index contributed by atoms with van der Waals surface area (Å²) in [5.41, 5.74) is 0.927. The number of sulfonamides is 1. The van der Waals surface area contributed by atoms with Crippen molar-refractivity contribution in [3.8, 4) is 0 Å². The molecule has 0 aliphatic heterocycles. The van der Waals surface area contributed by atoms with Crippen molar-refractivity contribution < 1.29 is 13.2 Å². The van der Waals surface area contributed by atoms with Crippen molar-refractivity contribution in [2.75, 3.05) is 13.1 Å². The zero-order valence-corrected chi connectivity index (χ0v) is 14.1. The molecule has 1 aromatic carbocycles. The fourth-order valence-corrected chi connectivity index (χ4v) is 3.21. The van der Waals surface area contributed by atoms with Gasteiger partial charge in [-0.05, 0) is 42.0 Å². The molecule has 1 heterocycles. The van der Waals surface area contributed by atoms with Crippen LogP contribution < -0.4 is 15.8 Å². The molecule has 0 saturated heterocycles. The number of hydrogen-bond donors (Lipinski definition) is 3. The highest BCUT2D eigenvalue weighted by atomic mass is 32.2. The van der Waals surface area contributed by atoms with Gasteiger partial charge in [-0.25, -0.2) is 18.4 Å². The minimum Gasteiger partial charge on any atom is -0.338 e. The molecule has 2 amide bonds. The summed E-state index contributed by atoms with van der Waals surface area (Å²) in [7, 11) is -3.66. The number of hydrogen-bond acceptors (Lipinski definition) is 4. The van der Waals surface area contributed by atoms with Crippen LogP contribution in [0.2, 0.25) is 0 Å². The highest BCUT2D eigenvalue weighted by Crippen LogP contribution is 2.09. The molecule has 8 heteroatoms. The molecular formula is C15H19N3O3S2. The Morgan fingerprint density at radius 3 is 2.26 bits per heavy atom. The molecule has 0 fully saturated rings. The molecule has 6 nitrogen and oxygen atoms in total. The van der Waals surface area contributed by atoms with Gasteiger partial charge in [0, 0.05) is 18.0 Å². The first-order valence-electron chi connectivity index (χ1n) is 7.11. The summed E-state index contributed by atoms with van der Waals surface area (Å²) in [6.45, 7) is 1.06. The molecule has 0 unspecified atom stereocenters. The van der Waals surface area contributed by atoms with Gasteiger partial charge in [0.2, 0.25) is 10.0 Å². The number of rotatable bonds is 7. The van der Waals surface area contributed by atoms with Gasteiger partial charge >= 0.3 is 6.03 Å². The van der Waals surface area contributed by atoms with Crippen LogP contribution in [0.15, 0.2) is 46.7 Å². The first-order valence-corrected chi connectivity index (χ1v) is 9.53. The number of nitrogens with two attached hydrogens (primary N) is 1. The number of urea groups is 1. The SMILES string of the molecule is NS(=O)(=O)c1ccc(CCNC(=O)NCCc2cccs2)cc1. The fourth-order valence-electron chi connectivity index (χ4n) is 1.98. The molecule has 0 radical (unpaired) electrons. The van der Waals surface area contributed by atoms with Crippen molar-refractivity contribution in [2.45, 2.75) is 17.7 Å². The Balaban J connectivity index is 1.67.